The summed E-state index contributed by atoms with van der Waals surface area (Å²) in [5.41, 5.74) is 1.77. The minimum absolute atomic E-state index is 0.148. The lowest BCUT2D eigenvalue weighted by Crippen LogP contribution is -2.60. The van der Waals surface area contributed by atoms with Gasteiger partial charge in [-0.2, -0.15) is 5.26 Å². The van der Waals surface area contributed by atoms with Crippen molar-refractivity contribution in [3.05, 3.63) is 34.3 Å². The summed E-state index contributed by atoms with van der Waals surface area (Å²) >= 11 is 6.19. The first kappa shape index (κ1) is 15.3. The molecular formula is C16H21ClN2O. The lowest BCUT2D eigenvalue weighted by atomic mass is 9.64. The maximum atomic E-state index is 8.83. The molecule has 1 aromatic rings. The summed E-state index contributed by atoms with van der Waals surface area (Å²) in [7, 11) is 0. The van der Waals surface area contributed by atoms with Gasteiger partial charge in [-0.3, -0.25) is 0 Å². The predicted molar refractivity (Wildman–Crippen MR) is 80.6 cm³/mol. The highest BCUT2D eigenvalue weighted by molar-refractivity contribution is 6.31. The number of hydrogen-bond donors (Lipinski definition) is 1. The Morgan fingerprint density at radius 1 is 1.50 bits per heavy atom. The average molecular weight is 293 g/mol. The minimum Gasteiger partial charge on any atom is -0.378 e. The smallest absolute Gasteiger partial charge is 0.0992 e. The molecule has 1 aliphatic carbocycles. The third-order valence-electron chi connectivity index (χ3n) is 4.27. The van der Waals surface area contributed by atoms with E-state index in [-0.39, 0.29) is 5.41 Å². The fraction of sp³-hybridized carbons (Fsp3) is 0.562. The van der Waals surface area contributed by atoms with Gasteiger partial charge in [0.15, 0.2) is 0 Å². The highest BCUT2D eigenvalue weighted by Gasteiger charge is 2.48. The second kappa shape index (κ2) is 6.13. The van der Waals surface area contributed by atoms with Crippen molar-refractivity contribution in [3.63, 3.8) is 0 Å². The van der Waals surface area contributed by atoms with Gasteiger partial charge in [-0.1, -0.05) is 31.5 Å². The Morgan fingerprint density at radius 2 is 2.25 bits per heavy atom. The van der Waals surface area contributed by atoms with E-state index in [1.54, 1.807) is 12.1 Å². The van der Waals surface area contributed by atoms with Crippen LogP contribution in [0.2, 0.25) is 5.02 Å². The van der Waals surface area contributed by atoms with E-state index in [0.29, 0.717) is 22.7 Å². The van der Waals surface area contributed by atoms with Crippen molar-refractivity contribution in [2.45, 2.75) is 45.9 Å². The van der Waals surface area contributed by atoms with E-state index < -0.39 is 0 Å². The Kier molecular flexibility index (Phi) is 4.70. The minimum atomic E-state index is 0.148. The summed E-state index contributed by atoms with van der Waals surface area (Å²) in [6.07, 6.45) is 1.37. The number of rotatable bonds is 5. The van der Waals surface area contributed by atoms with E-state index in [1.807, 2.05) is 13.0 Å². The van der Waals surface area contributed by atoms with Crippen molar-refractivity contribution < 1.29 is 4.74 Å². The van der Waals surface area contributed by atoms with E-state index in [9.17, 15) is 0 Å². The molecule has 2 atom stereocenters. The van der Waals surface area contributed by atoms with Gasteiger partial charge in [-0.05, 0) is 31.0 Å². The SMILES string of the molecule is CCOC1CC(NCc2ccc(C#N)cc2Cl)C1(C)C. The molecule has 2 unspecified atom stereocenters. The number of nitrogens with zero attached hydrogens (tertiary/aromatic N) is 1. The molecule has 0 bridgehead atoms. The standard InChI is InChI=1S/C16H21ClN2O/c1-4-20-15-8-14(16(15,2)3)19-10-12-6-5-11(9-18)7-13(12)17/h5-7,14-15,19H,4,8,10H2,1-3H3. The van der Waals surface area contributed by atoms with Gasteiger partial charge in [0.1, 0.15) is 0 Å². The third-order valence-corrected chi connectivity index (χ3v) is 4.62. The molecule has 0 spiro atoms. The third kappa shape index (κ3) is 2.98. The summed E-state index contributed by atoms with van der Waals surface area (Å²) in [6, 6.07) is 7.97. The van der Waals surface area contributed by atoms with Crippen LogP contribution in [0, 0.1) is 16.7 Å². The van der Waals surface area contributed by atoms with Gasteiger partial charge in [0.25, 0.3) is 0 Å². The molecule has 0 aromatic heterocycles. The van der Waals surface area contributed by atoms with Crippen LogP contribution in [0.4, 0.5) is 0 Å². The van der Waals surface area contributed by atoms with Gasteiger partial charge in [-0.25, -0.2) is 0 Å². The van der Waals surface area contributed by atoms with Crippen molar-refractivity contribution in [2.75, 3.05) is 6.61 Å². The number of nitrogens with one attached hydrogen (secondary N) is 1. The van der Waals surface area contributed by atoms with Gasteiger partial charge in [0, 0.05) is 29.6 Å². The van der Waals surface area contributed by atoms with Crippen LogP contribution in [0.3, 0.4) is 0 Å². The quantitative estimate of drug-likeness (QED) is 0.903. The number of nitriles is 1. The van der Waals surface area contributed by atoms with Crippen molar-refractivity contribution in [3.8, 4) is 6.07 Å². The fourth-order valence-electron chi connectivity index (χ4n) is 2.71. The van der Waals surface area contributed by atoms with E-state index in [2.05, 4.69) is 25.2 Å². The average Bonchev–Trinajstić information content (AvgIpc) is 2.43. The Balaban J connectivity index is 1.93. The fourth-order valence-corrected chi connectivity index (χ4v) is 2.96. The van der Waals surface area contributed by atoms with Crippen LogP contribution in [0.1, 0.15) is 38.3 Å². The highest BCUT2D eigenvalue weighted by atomic mass is 35.5. The Bertz CT molecular complexity index is 522. The summed E-state index contributed by atoms with van der Waals surface area (Å²) in [5, 5.41) is 13.0. The molecule has 1 saturated carbocycles. The molecule has 0 aliphatic heterocycles. The predicted octanol–water partition coefficient (Wildman–Crippen LogP) is 3.50. The molecule has 1 N–H and O–H groups in total. The maximum absolute atomic E-state index is 8.83. The van der Waals surface area contributed by atoms with Crippen LogP contribution in [-0.4, -0.2) is 18.8 Å². The van der Waals surface area contributed by atoms with Crippen LogP contribution in [-0.2, 0) is 11.3 Å². The molecule has 20 heavy (non-hydrogen) atoms. The van der Waals surface area contributed by atoms with Crippen molar-refractivity contribution in [1.82, 2.24) is 5.32 Å². The molecule has 1 aliphatic rings. The summed E-state index contributed by atoms with van der Waals surface area (Å²) < 4.78 is 5.73. The Labute approximate surface area is 125 Å². The molecule has 0 heterocycles. The monoisotopic (exact) mass is 292 g/mol. The Morgan fingerprint density at radius 3 is 2.80 bits per heavy atom. The van der Waals surface area contributed by atoms with Crippen LogP contribution in [0.5, 0.6) is 0 Å². The van der Waals surface area contributed by atoms with E-state index in [1.165, 1.54) is 0 Å². The molecule has 0 radical (unpaired) electrons. The molecule has 4 heteroatoms. The lowest BCUT2D eigenvalue weighted by molar-refractivity contribution is -0.114. The summed E-state index contributed by atoms with van der Waals surface area (Å²) in [6.45, 7) is 7.98. The zero-order valence-electron chi connectivity index (χ0n) is 12.2. The van der Waals surface area contributed by atoms with Gasteiger partial charge in [0.05, 0.1) is 17.7 Å². The van der Waals surface area contributed by atoms with Crippen LogP contribution in [0.25, 0.3) is 0 Å². The zero-order valence-corrected chi connectivity index (χ0v) is 13.0. The topological polar surface area (TPSA) is 45.0 Å². The first-order valence-electron chi connectivity index (χ1n) is 7.02. The first-order chi connectivity index (χ1) is 9.48. The normalized spacial score (nSPS) is 23.9. The summed E-state index contributed by atoms with van der Waals surface area (Å²) in [4.78, 5) is 0. The van der Waals surface area contributed by atoms with E-state index in [4.69, 9.17) is 21.6 Å². The number of ether oxygens (including phenoxy) is 1. The van der Waals surface area contributed by atoms with E-state index in [0.717, 1.165) is 25.1 Å². The molecule has 1 aromatic carbocycles. The first-order valence-corrected chi connectivity index (χ1v) is 7.40. The van der Waals surface area contributed by atoms with E-state index >= 15 is 0 Å². The number of benzene rings is 1. The highest BCUT2D eigenvalue weighted by Crippen LogP contribution is 2.42. The van der Waals surface area contributed by atoms with Gasteiger partial charge < -0.3 is 10.1 Å². The molecule has 1 fully saturated rings. The van der Waals surface area contributed by atoms with Crippen LogP contribution >= 0.6 is 11.6 Å². The lowest BCUT2D eigenvalue weighted by Gasteiger charge is -2.52. The molecule has 2 rings (SSSR count). The van der Waals surface area contributed by atoms with Crippen LogP contribution < -0.4 is 5.32 Å². The van der Waals surface area contributed by atoms with Gasteiger partial charge in [0.2, 0.25) is 0 Å². The largest absolute Gasteiger partial charge is 0.378 e. The number of halogens is 1. The van der Waals surface area contributed by atoms with Crippen molar-refractivity contribution in [2.24, 2.45) is 5.41 Å². The van der Waals surface area contributed by atoms with Crippen LogP contribution in [0.15, 0.2) is 18.2 Å². The molecule has 0 saturated heterocycles. The molecule has 108 valence electrons. The molecular weight excluding hydrogens is 272 g/mol. The zero-order chi connectivity index (χ0) is 14.8. The summed E-state index contributed by atoms with van der Waals surface area (Å²) in [5.74, 6) is 0. The van der Waals surface area contributed by atoms with Gasteiger partial charge >= 0.3 is 0 Å². The van der Waals surface area contributed by atoms with Crippen molar-refractivity contribution in [1.29, 1.82) is 5.26 Å². The molecule has 0 amide bonds. The molecule has 3 nitrogen and oxygen atoms in total. The van der Waals surface area contributed by atoms with Gasteiger partial charge in [-0.15, -0.1) is 0 Å². The Hall–Kier alpha value is -1.08. The second-order valence-electron chi connectivity index (χ2n) is 5.85. The maximum Gasteiger partial charge on any atom is 0.0992 e. The number of hydrogen-bond acceptors (Lipinski definition) is 3. The second-order valence-corrected chi connectivity index (χ2v) is 6.26. The van der Waals surface area contributed by atoms with Crippen molar-refractivity contribution >= 4 is 11.6 Å².